The third kappa shape index (κ3) is 5.98. The highest BCUT2D eigenvalue weighted by molar-refractivity contribution is 6.31. The van der Waals surface area contributed by atoms with E-state index in [1.807, 2.05) is 6.07 Å². The van der Waals surface area contributed by atoms with E-state index in [4.69, 9.17) is 16.3 Å². The van der Waals surface area contributed by atoms with Gasteiger partial charge in [-0.2, -0.15) is 0 Å². The number of pyridine rings is 1. The van der Waals surface area contributed by atoms with Gasteiger partial charge in [0.1, 0.15) is 0 Å². The molecule has 0 fully saturated rings. The molecule has 1 N–H and O–H groups in total. The zero-order chi connectivity index (χ0) is 12.5. The van der Waals surface area contributed by atoms with Crippen molar-refractivity contribution in [2.24, 2.45) is 0 Å². The van der Waals surface area contributed by atoms with Gasteiger partial charge in [0.15, 0.2) is 0 Å². The topological polar surface area (TPSA) is 37.4 Å². The molecule has 0 radical (unpaired) electrons. The molecule has 17 heavy (non-hydrogen) atoms. The second kappa shape index (κ2) is 8.42. The first kappa shape index (κ1) is 14.4. The largest absolute Gasteiger partial charge is 0.383 e. The SMILES string of the molecule is COCCN(C)CCNCc1ccncc1Cl. The Morgan fingerprint density at radius 1 is 1.47 bits per heavy atom. The second-order valence-electron chi connectivity index (χ2n) is 3.94. The fraction of sp³-hybridized carbons (Fsp3) is 0.583. The molecule has 1 aromatic rings. The summed E-state index contributed by atoms with van der Waals surface area (Å²) in [5.74, 6) is 0. The Kier molecular flexibility index (Phi) is 7.12. The first-order chi connectivity index (χ1) is 8.24. The van der Waals surface area contributed by atoms with Crippen LogP contribution in [0.1, 0.15) is 5.56 Å². The van der Waals surface area contributed by atoms with Gasteiger partial charge in [0.05, 0.1) is 11.6 Å². The minimum atomic E-state index is 0.715. The Morgan fingerprint density at radius 2 is 2.29 bits per heavy atom. The molecular weight excluding hydrogens is 238 g/mol. The lowest BCUT2D eigenvalue weighted by molar-refractivity contribution is 0.161. The van der Waals surface area contributed by atoms with E-state index >= 15 is 0 Å². The van der Waals surface area contributed by atoms with Crippen LogP contribution in [0.3, 0.4) is 0 Å². The zero-order valence-corrected chi connectivity index (χ0v) is 11.2. The molecule has 0 saturated heterocycles. The van der Waals surface area contributed by atoms with Crippen LogP contribution in [-0.4, -0.2) is 50.3 Å². The van der Waals surface area contributed by atoms with Crippen molar-refractivity contribution in [2.45, 2.75) is 6.54 Å². The molecule has 5 heteroatoms. The summed E-state index contributed by atoms with van der Waals surface area (Å²) in [6, 6.07) is 1.93. The Balaban J connectivity index is 2.14. The van der Waals surface area contributed by atoms with E-state index in [1.165, 1.54) is 0 Å². The monoisotopic (exact) mass is 257 g/mol. The average Bonchev–Trinajstić information content (AvgIpc) is 2.34. The van der Waals surface area contributed by atoms with E-state index in [0.717, 1.165) is 38.3 Å². The molecule has 1 aromatic heterocycles. The molecule has 0 bridgehead atoms. The van der Waals surface area contributed by atoms with Gasteiger partial charge in [-0.1, -0.05) is 11.6 Å². The summed E-state index contributed by atoms with van der Waals surface area (Å²) in [4.78, 5) is 6.18. The van der Waals surface area contributed by atoms with Crippen LogP contribution in [0.25, 0.3) is 0 Å². The minimum Gasteiger partial charge on any atom is -0.383 e. The molecule has 0 unspecified atom stereocenters. The van der Waals surface area contributed by atoms with Crippen molar-refractivity contribution in [3.05, 3.63) is 29.0 Å². The molecule has 1 heterocycles. The van der Waals surface area contributed by atoms with Crippen LogP contribution >= 0.6 is 11.6 Å². The van der Waals surface area contributed by atoms with Gasteiger partial charge < -0.3 is 15.0 Å². The van der Waals surface area contributed by atoms with Crippen molar-refractivity contribution in [1.82, 2.24) is 15.2 Å². The highest BCUT2D eigenvalue weighted by Crippen LogP contribution is 2.12. The fourth-order valence-corrected chi connectivity index (χ4v) is 1.59. The summed E-state index contributed by atoms with van der Waals surface area (Å²) in [5.41, 5.74) is 1.08. The average molecular weight is 258 g/mol. The smallest absolute Gasteiger partial charge is 0.0634 e. The third-order valence-electron chi connectivity index (χ3n) is 2.52. The Labute approximate surface area is 108 Å². The number of rotatable bonds is 8. The second-order valence-corrected chi connectivity index (χ2v) is 4.35. The van der Waals surface area contributed by atoms with E-state index in [9.17, 15) is 0 Å². The van der Waals surface area contributed by atoms with Crippen molar-refractivity contribution in [3.8, 4) is 0 Å². The predicted molar refractivity (Wildman–Crippen MR) is 70.3 cm³/mol. The molecule has 0 aliphatic heterocycles. The molecule has 96 valence electrons. The number of methoxy groups -OCH3 is 1. The molecule has 0 atom stereocenters. The van der Waals surface area contributed by atoms with Gasteiger partial charge in [0.25, 0.3) is 0 Å². The number of aromatic nitrogens is 1. The van der Waals surface area contributed by atoms with Gasteiger partial charge in [0, 0.05) is 45.7 Å². The molecular formula is C12H20ClN3O. The molecule has 0 aliphatic carbocycles. The Bertz CT molecular complexity index is 322. The summed E-state index contributed by atoms with van der Waals surface area (Å²) < 4.78 is 5.02. The highest BCUT2D eigenvalue weighted by Gasteiger charge is 2.00. The lowest BCUT2D eigenvalue weighted by Gasteiger charge is -2.16. The van der Waals surface area contributed by atoms with Gasteiger partial charge in [-0.3, -0.25) is 4.98 Å². The Morgan fingerprint density at radius 3 is 3.00 bits per heavy atom. The molecule has 0 spiro atoms. The molecule has 0 aliphatic rings. The van der Waals surface area contributed by atoms with Crippen LogP contribution in [0.4, 0.5) is 0 Å². The van der Waals surface area contributed by atoms with Crippen molar-refractivity contribution in [2.75, 3.05) is 40.4 Å². The van der Waals surface area contributed by atoms with Crippen LogP contribution in [0.2, 0.25) is 5.02 Å². The molecule has 0 aromatic carbocycles. The van der Waals surface area contributed by atoms with Crippen molar-refractivity contribution in [3.63, 3.8) is 0 Å². The number of ether oxygens (including phenoxy) is 1. The van der Waals surface area contributed by atoms with Gasteiger partial charge in [-0.25, -0.2) is 0 Å². The first-order valence-corrected chi connectivity index (χ1v) is 6.08. The van der Waals surface area contributed by atoms with Crippen LogP contribution in [0.5, 0.6) is 0 Å². The molecule has 1 rings (SSSR count). The lowest BCUT2D eigenvalue weighted by atomic mass is 10.2. The van der Waals surface area contributed by atoms with E-state index in [1.54, 1.807) is 19.5 Å². The zero-order valence-electron chi connectivity index (χ0n) is 10.4. The maximum absolute atomic E-state index is 6.00. The number of hydrogen-bond donors (Lipinski definition) is 1. The minimum absolute atomic E-state index is 0.715. The van der Waals surface area contributed by atoms with E-state index < -0.39 is 0 Å². The van der Waals surface area contributed by atoms with E-state index in [2.05, 4.69) is 22.2 Å². The van der Waals surface area contributed by atoms with Gasteiger partial charge in [0.2, 0.25) is 0 Å². The van der Waals surface area contributed by atoms with Crippen molar-refractivity contribution >= 4 is 11.6 Å². The van der Waals surface area contributed by atoms with Gasteiger partial charge in [-0.15, -0.1) is 0 Å². The van der Waals surface area contributed by atoms with E-state index in [0.29, 0.717) is 5.02 Å². The number of hydrogen-bond acceptors (Lipinski definition) is 4. The number of nitrogens with one attached hydrogen (secondary N) is 1. The summed E-state index contributed by atoms with van der Waals surface area (Å²) in [5, 5.41) is 4.07. The van der Waals surface area contributed by atoms with Gasteiger partial charge in [-0.05, 0) is 18.7 Å². The standard InChI is InChI=1S/C12H20ClN3O/c1-16(7-8-17-2)6-5-15-9-11-3-4-14-10-12(11)13/h3-4,10,15H,5-9H2,1-2H3. The summed E-state index contributed by atoms with van der Waals surface area (Å²) >= 11 is 6.00. The summed E-state index contributed by atoms with van der Waals surface area (Å²) in [7, 11) is 3.80. The van der Waals surface area contributed by atoms with Crippen LogP contribution in [-0.2, 0) is 11.3 Å². The maximum atomic E-state index is 6.00. The predicted octanol–water partition coefficient (Wildman–Crippen LogP) is 1.40. The summed E-state index contributed by atoms with van der Waals surface area (Å²) in [6.45, 7) is 4.42. The normalized spacial score (nSPS) is 11.1. The molecule has 0 amide bonds. The quantitative estimate of drug-likeness (QED) is 0.715. The number of nitrogens with zero attached hydrogens (tertiary/aromatic N) is 2. The van der Waals surface area contributed by atoms with Crippen LogP contribution < -0.4 is 5.32 Å². The first-order valence-electron chi connectivity index (χ1n) is 5.70. The maximum Gasteiger partial charge on any atom is 0.0634 e. The third-order valence-corrected chi connectivity index (χ3v) is 2.86. The number of halogens is 1. The highest BCUT2D eigenvalue weighted by atomic mass is 35.5. The fourth-order valence-electron chi connectivity index (χ4n) is 1.40. The molecule has 4 nitrogen and oxygen atoms in total. The van der Waals surface area contributed by atoms with E-state index in [-0.39, 0.29) is 0 Å². The Hall–Kier alpha value is -0.680. The van der Waals surface area contributed by atoms with Crippen LogP contribution in [0, 0.1) is 0 Å². The summed E-state index contributed by atoms with van der Waals surface area (Å²) in [6.07, 6.45) is 3.43. The van der Waals surface area contributed by atoms with Crippen molar-refractivity contribution in [1.29, 1.82) is 0 Å². The molecule has 0 saturated carbocycles. The lowest BCUT2D eigenvalue weighted by Crippen LogP contribution is -2.31. The van der Waals surface area contributed by atoms with Crippen LogP contribution in [0.15, 0.2) is 18.5 Å². The van der Waals surface area contributed by atoms with Crippen molar-refractivity contribution < 1.29 is 4.74 Å². The van der Waals surface area contributed by atoms with Gasteiger partial charge >= 0.3 is 0 Å². The number of likely N-dealkylation sites (N-methyl/N-ethyl adjacent to an activating group) is 1.